The molecule has 0 saturated carbocycles. The first-order chi connectivity index (χ1) is 14.4. The Kier molecular flexibility index (Phi) is 6.20. The fourth-order valence-corrected chi connectivity index (χ4v) is 5.54. The first-order valence-electron chi connectivity index (χ1n) is 9.70. The Morgan fingerprint density at radius 2 is 1.23 bits per heavy atom. The monoisotopic (exact) mass is 444 g/mol. The molecule has 2 heterocycles. The van der Waals surface area contributed by atoms with Gasteiger partial charge in [-0.3, -0.25) is 4.79 Å². The van der Waals surface area contributed by atoms with Gasteiger partial charge in [0.15, 0.2) is 5.78 Å². The molecule has 0 amide bonds. The van der Waals surface area contributed by atoms with Crippen LogP contribution in [-0.2, 0) is 4.79 Å². The number of ketones is 1. The van der Waals surface area contributed by atoms with Crippen molar-refractivity contribution in [1.29, 1.82) is 0 Å². The smallest absolute Gasteiger partial charge is 0.186 e. The normalized spacial score (nSPS) is 22.1. The van der Waals surface area contributed by atoms with Gasteiger partial charge >= 0.3 is 0 Å². The lowest BCUT2D eigenvalue weighted by Crippen LogP contribution is -2.17. The lowest BCUT2D eigenvalue weighted by Gasteiger charge is -2.25. The van der Waals surface area contributed by atoms with Crippen molar-refractivity contribution in [3.8, 4) is 0 Å². The lowest BCUT2D eigenvalue weighted by atomic mass is 9.85. The van der Waals surface area contributed by atoms with E-state index >= 15 is 0 Å². The summed E-state index contributed by atoms with van der Waals surface area (Å²) < 4.78 is 28.4. The summed E-state index contributed by atoms with van der Waals surface area (Å²) in [5.74, 6) is -0.549. The zero-order valence-corrected chi connectivity index (χ0v) is 18.5. The van der Waals surface area contributed by atoms with Crippen molar-refractivity contribution in [2.45, 2.75) is 25.7 Å². The minimum atomic E-state index is -0.221. The fraction of sp³-hybridized carbons (Fsp3) is 0.261. The number of halogens is 2. The number of hydrogen-bond acceptors (Lipinski definition) is 5. The fourth-order valence-electron chi connectivity index (χ4n) is 3.67. The van der Waals surface area contributed by atoms with E-state index < -0.39 is 0 Å². The maximum absolute atomic E-state index is 14.2. The highest BCUT2D eigenvalue weighted by Gasteiger charge is 2.29. The Hall–Kier alpha value is -2.25. The lowest BCUT2D eigenvalue weighted by molar-refractivity contribution is -0.112. The second-order valence-electron chi connectivity index (χ2n) is 7.42. The van der Waals surface area contributed by atoms with Crippen LogP contribution in [0.2, 0.25) is 0 Å². The van der Waals surface area contributed by atoms with E-state index in [0.29, 0.717) is 35.1 Å². The molecule has 0 aromatic carbocycles. The Balaban J connectivity index is 1.80. The Labute approximate surface area is 183 Å². The molecule has 0 bridgehead atoms. The van der Waals surface area contributed by atoms with Crippen LogP contribution >= 0.6 is 23.5 Å². The molecular formula is C23H22F2N2OS2. The number of rotatable bonds is 4. The Morgan fingerprint density at radius 1 is 0.800 bits per heavy atom. The van der Waals surface area contributed by atoms with Crippen LogP contribution < -0.4 is 0 Å². The predicted molar refractivity (Wildman–Crippen MR) is 121 cm³/mol. The van der Waals surface area contributed by atoms with E-state index in [1.165, 1.54) is 35.7 Å². The number of Topliss-reactive ketones (excluding diaryl/α,β-unsaturated/α-hetero) is 1. The highest BCUT2D eigenvalue weighted by molar-refractivity contribution is 8.06. The molecule has 0 aromatic rings. The Morgan fingerprint density at radius 3 is 1.63 bits per heavy atom. The second kappa shape index (κ2) is 8.86. The van der Waals surface area contributed by atoms with Crippen molar-refractivity contribution in [3.05, 3.63) is 91.5 Å². The van der Waals surface area contributed by atoms with Crippen LogP contribution in [0, 0.1) is 0 Å². The largest absolute Gasteiger partial charge is 0.356 e. The molecule has 30 heavy (non-hydrogen) atoms. The van der Waals surface area contributed by atoms with E-state index in [0.717, 1.165) is 9.81 Å². The number of hydrogen-bond donors (Lipinski definition) is 0. The molecule has 3 nitrogen and oxygen atoms in total. The molecule has 4 aliphatic rings. The van der Waals surface area contributed by atoms with E-state index in [9.17, 15) is 13.6 Å². The third-order valence-electron chi connectivity index (χ3n) is 5.18. The van der Waals surface area contributed by atoms with Gasteiger partial charge in [-0.1, -0.05) is 23.5 Å². The van der Waals surface area contributed by atoms with Gasteiger partial charge in [-0.15, -0.1) is 0 Å². The van der Waals surface area contributed by atoms with Crippen molar-refractivity contribution in [3.63, 3.8) is 0 Å². The van der Waals surface area contributed by atoms with Gasteiger partial charge in [-0.25, -0.2) is 8.78 Å². The quantitative estimate of drug-likeness (QED) is 0.498. The van der Waals surface area contributed by atoms with E-state index in [1.54, 1.807) is 0 Å². The number of carbonyl (C=O) groups excluding carboxylic acids is 1. The summed E-state index contributed by atoms with van der Waals surface area (Å²) in [6.07, 6.45) is 11.7. The average Bonchev–Trinajstić information content (AvgIpc) is 2.73. The predicted octanol–water partition coefficient (Wildman–Crippen LogP) is 6.43. The van der Waals surface area contributed by atoms with Crippen molar-refractivity contribution in [2.75, 3.05) is 14.1 Å². The summed E-state index contributed by atoms with van der Waals surface area (Å²) in [5.41, 5.74) is 2.47. The van der Waals surface area contributed by atoms with Crippen molar-refractivity contribution >= 4 is 29.3 Å². The SMILES string of the molecule is CN1C=CSC(C2=C(C(=O)C3=C(C4=CN(C)C=CS4)C=C(F)CC3)CCC(F)=C2)=C1. The van der Waals surface area contributed by atoms with Crippen molar-refractivity contribution in [1.82, 2.24) is 9.80 Å². The summed E-state index contributed by atoms with van der Waals surface area (Å²) in [4.78, 5) is 19.1. The molecular weight excluding hydrogens is 422 g/mol. The minimum absolute atomic E-state index is 0.107. The van der Waals surface area contributed by atoms with Crippen LogP contribution in [0.25, 0.3) is 0 Å². The van der Waals surface area contributed by atoms with Gasteiger partial charge in [0, 0.05) is 72.7 Å². The van der Waals surface area contributed by atoms with Crippen molar-refractivity contribution < 1.29 is 13.6 Å². The number of nitrogens with zero attached hydrogens (tertiary/aromatic N) is 2. The second-order valence-corrected chi connectivity index (χ2v) is 9.32. The van der Waals surface area contributed by atoms with E-state index in [-0.39, 0.29) is 30.3 Å². The molecule has 0 aromatic heterocycles. The summed E-state index contributed by atoms with van der Waals surface area (Å²) in [6.45, 7) is 0. The summed E-state index contributed by atoms with van der Waals surface area (Å²) in [7, 11) is 3.79. The highest BCUT2D eigenvalue weighted by atomic mass is 32.2. The van der Waals surface area contributed by atoms with E-state index in [1.807, 2.05) is 59.5 Å². The zero-order chi connectivity index (χ0) is 21.3. The third kappa shape index (κ3) is 4.42. The summed E-state index contributed by atoms with van der Waals surface area (Å²) in [6, 6.07) is 0. The minimum Gasteiger partial charge on any atom is -0.356 e. The maximum Gasteiger partial charge on any atom is 0.186 e. The molecule has 0 spiro atoms. The van der Waals surface area contributed by atoms with Gasteiger partial charge in [0.1, 0.15) is 11.7 Å². The number of carbonyl (C=O) groups is 1. The highest BCUT2D eigenvalue weighted by Crippen LogP contribution is 2.42. The maximum atomic E-state index is 14.2. The van der Waals surface area contributed by atoms with Crippen LogP contribution in [-0.4, -0.2) is 29.7 Å². The van der Waals surface area contributed by atoms with Gasteiger partial charge in [0.05, 0.1) is 0 Å². The van der Waals surface area contributed by atoms with Crippen LogP contribution in [0.15, 0.2) is 91.5 Å². The van der Waals surface area contributed by atoms with Gasteiger partial charge in [0.25, 0.3) is 0 Å². The molecule has 0 radical (unpaired) electrons. The van der Waals surface area contributed by atoms with Crippen LogP contribution in [0.5, 0.6) is 0 Å². The van der Waals surface area contributed by atoms with Crippen LogP contribution in [0.4, 0.5) is 8.78 Å². The van der Waals surface area contributed by atoms with Gasteiger partial charge in [-0.2, -0.15) is 0 Å². The molecule has 0 fully saturated rings. The van der Waals surface area contributed by atoms with Crippen LogP contribution in [0.1, 0.15) is 25.7 Å². The molecule has 0 saturated heterocycles. The standard InChI is InChI=1S/C23H22F2N2OS2/c1-26-7-9-29-21(13-26)19-11-15(24)3-5-17(19)23(28)18-6-4-16(25)12-20(18)22-14-27(2)8-10-30-22/h7-14H,3-6H2,1-2H3. The summed E-state index contributed by atoms with van der Waals surface area (Å²) >= 11 is 2.94. The van der Waals surface area contributed by atoms with Gasteiger partial charge in [-0.05, 0) is 47.0 Å². The number of allylic oxidation sites excluding steroid dienone is 8. The third-order valence-corrected chi connectivity index (χ3v) is 6.86. The Bertz CT molecular complexity index is 948. The molecule has 0 unspecified atom stereocenters. The van der Waals surface area contributed by atoms with Gasteiger partial charge in [0.2, 0.25) is 0 Å². The molecule has 0 atom stereocenters. The molecule has 156 valence electrons. The molecule has 0 N–H and O–H groups in total. The first kappa shape index (κ1) is 21.0. The molecule has 4 rings (SSSR count). The van der Waals surface area contributed by atoms with E-state index in [4.69, 9.17) is 0 Å². The first-order valence-corrected chi connectivity index (χ1v) is 11.5. The number of thioether (sulfide) groups is 2. The zero-order valence-electron chi connectivity index (χ0n) is 16.8. The van der Waals surface area contributed by atoms with Gasteiger partial charge < -0.3 is 9.80 Å². The van der Waals surface area contributed by atoms with E-state index in [2.05, 4.69) is 0 Å². The molecule has 2 aliphatic carbocycles. The van der Waals surface area contributed by atoms with Crippen LogP contribution in [0.3, 0.4) is 0 Å². The average molecular weight is 445 g/mol. The summed E-state index contributed by atoms with van der Waals surface area (Å²) in [5, 5.41) is 3.83. The molecule has 2 aliphatic heterocycles. The molecule has 7 heteroatoms. The topological polar surface area (TPSA) is 23.6 Å². The van der Waals surface area contributed by atoms with Crippen molar-refractivity contribution in [2.24, 2.45) is 0 Å².